The molecule has 1 N–H and O–H groups in total. The topological polar surface area (TPSA) is 57.6 Å². The minimum atomic E-state index is -0.866. The molecule has 0 aromatic carbocycles. The van der Waals surface area contributed by atoms with Crippen LogP contribution in [0.25, 0.3) is 0 Å². The minimum absolute atomic E-state index is 0.0445. The number of rotatable bonds is 3. The van der Waals surface area contributed by atoms with Crippen molar-refractivity contribution < 1.29 is 14.7 Å². The van der Waals surface area contributed by atoms with Gasteiger partial charge in [0.25, 0.3) is 0 Å². The van der Waals surface area contributed by atoms with E-state index < -0.39 is 12.0 Å². The minimum Gasteiger partial charge on any atom is -0.480 e. The molecule has 0 aliphatic carbocycles. The molecule has 0 saturated carbocycles. The summed E-state index contributed by atoms with van der Waals surface area (Å²) >= 11 is 0. The number of piperidine rings is 1. The van der Waals surface area contributed by atoms with E-state index in [-0.39, 0.29) is 5.91 Å². The molecule has 4 nitrogen and oxygen atoms in total. The zero-order valence-electron chi connectivity index (χ0n) is 9.40. The van der Waals surface area contributed by atoms with E-state index in [0.29, 0.717) is 25.3 Å². The van der Waals surface area contributed by atoms with Gasteiger partial charge < -0.3 is 10.0 Å². The van der Waals surface area contributed by atoms with Gasteiger partial charge >= 0.3 is 5.97 Å². The molecule has 1 rings (SSSR count). The maximum absolute atomic E-state index is 11.5. The Hall–Kier alpha value is -1.06. The summed E-state index contributed by atoms with van der Waals surface area (Å²) in [5, 5.41) is 9.07. The lowest BCUT2D eigenvalue weighted by Crippen LogP contribution is -2.49. The molecule has 15 heavy (non-hydrogen) atoms. The number of carbonyl (C=O) groups is 2. The third kappa shape index (κ3) is 2.70. The van der Waals surface area contributed by atoms with Gasteiger partial charge in [-0.2, -0.15) is 0 Å². The summed E-state index contributed by atoms with van der Waals surface area (Å²) in [5.41, 5.74) is 0. The van der Waals surface area contributed by atoms with Crippen LogP contribution >= 0.6 is 0 Å². The van der Waals surface area contributed by atoms with Gasteiger partial charge in [0.2, 0.25) is 5.91 Å². The summed E-state index contributed by atoms with van der Waals surface area (Å²) in [6.07, 6.45) is 2.93. The van der Waals surface area contributed by atoms with Gasteiger partial charge in [0.15, 0.2) is 0 Å². The zero-order chi connectivity index (χ0) is 11.4. The summed E-state index contributed by atoms with van der Waals surface area (Å²) in [5.74, 6) is -0.459. The van der Waals surface area contributed by atoms with Gasteiger partial charge in [0.1, 0.15) is 6.04 Å². The summed E-state index contributed by atoms with van der Waals surface area (Å²) in [6, 6.07) is -0.601. The second kappa shape index (κ2) is 5.14. The smallest absolute Gasteiger partial charge is 0.326 e. The highest BCUT2D eigenvalue weighted by molar-refractivity contribution is 5.83. The fraction of sp³-hybridized carbons (Fsp3) is 0.818. The van der Waals surface area contributed by atoms with Crippen LogP contribution in [0, 0.1) is 5.92 Å². The Balaban J connectivity index is 2.71. The van der Waals surface area contributed by atoms with E-state index in [9.17, 15) is 9.59 Å². The van der Waals surface area contributed by atoms with Crippen LogP contribution in [0.1, 0.15) is 39.5 Å². The number of hydrogen-bond acceptors (Lipinski definition) is 2. The summed E-state index contributed by atoms with van der Waals surface area (Å²) in [6.45, 7) is 4.44. The summed E-state index contributed by atoms with van der Waals surface area (Å²) in [4.78, 5) is 24.1. The van der Waals surface area contributed by atoms with E-state index in [1.807, 2.05) is 0 Å². The lowest BCUT2D eigenvalue weighted by molar-refractivity contribution is -0.153. The number of nitrogens with zero attached hydrogens (tertiary/aromatic N) is 1. The fourth-order valence-electron chi connectivity index (χ4n) is 2.14. The second-order valence-corrected chi connectivity index (χ2v) is 4.09. The average molecular weight is 213 g/mol. The summed E-state index contributed by atoms with van der Waals surface area (Å²) < 4.78 is 0. The van der Waals surface area contributed by atoms with Crippen molar-refractivity contribution >= 4 is 11.9 Å². The van der Waals surface area contributed by atoms with Gasteiger partial charge in [-0.25, -0.2) is 4.79 Å². The Morgan fingerprint density at radius 1 is 1.40 bits per heavy atom. The standard InChI is InChI=1S/C11H19NO3/c1-3-8-5-6-12(10(13)4-2)9(7-8)11(14)15/h8-9H,3-7H2,1-2H3,(H,14,15). The number of amides is 1. The van der Waals surface area contributed by atoms with Gasteiger partial charge in [-0.3, -0.25) is 4.79 Å². The molecule has 0 bridgehead atoms. The van der Waals surface area contributed by atoms with Gasteiger partial charge in [-0.05, 0) is 18.8 Å². The molecule has 1 fully saturated rings. The number of likely N-dealkylation sites (tertiary alicyclic amines) is 1. The first kappa shape index (κ1) is 12.0. The molecule has 4 heteroatoms. The Labute approximate surface area is 90.3 Å². The number of aliphatic carboxylic acids is 1. The second-order valence-electron chi connectivity index (χ2n) is 4.09. The van der Waals surface area contributed by atoms with E-state index in [1.54, 1.807) is 6.92 Å². The first-order valence-corrected chi connectivity index (χ1v) is 5.62. The molecule has 0 aromatic rings. The SMILES string of the molecule is CCC(=O)N1CCC(CC)CC1C(=O)O. The van der Waals surface area contributed by atoms with Crippen molar-refractivity contribution in [2.24, 2.45) is 5.92 Å². The number of carbonyl (C=O) groups excluding carboxylic acids is 1. The summed E-state index contributed by atoms with van der Waals surface area (Å²) in [7, 11) is 0. The lowest BCUT2D eigenvalue weighted by atomic mass is 9.89. The van der Waals surface area contributed by atoms with Crippen molar-refractivity contribution in [1.82, 2.24) is 4.90 Å². The van der Waals surface area contributed by atoms with Crippen molar-refractivity contribution in [1.29, 1.82) is 0 Å². The van der Waals surface area contributed by atoms with Crippen LogP contribution in [0.15, 0.2) is 0 Å². The molecular weight excluding hydrogens is 194 g/mol. The Morgan fingerprint density at radius 3 is 2.53 bits per heavy atom. The number of carboxylic acids is 1. The molecule has 2 atom stereocenters. The third-order valence-electron chi connectivity index (χ3n) is 3.20. The molecule has 1 heterocycles. The molecule has 2 unspecified atom stereocenters. The van der Waals surface area contributed by atoms with Gasteiger partial charge in [-0.15, -0.1) is 0 Å². The monoisotopic (exact) mass is 213 g/mol. The normalized spacial score (nSPS) is 26.4. The van der Waals surface area contributed by atoms with E-state index in [4.69, 9.17) is 5.11 Å². The molecule has 0 radical (unpaired) electrons. The molecule has 1 saturated heterocycles. The molecule has 1 aliphatic heterocycles. The van der Waals surface area contributed by atoms with Gasteiger partial charge in [0.05, 0.1) is 0 Å². The van der Waals surface area contributed by atoms with Crippen molar-refractivity contribution in [2.75, 3.05) is 6.54 Å². The zero-order valence-corrected chi connectivity index (χ0v) is 9.40. The Morgan fingerprint density at radius 2 is 2.07 bits per heavy atom. The number of carboxylic acid groups (broad SMARTS) is 1. The first-order chi connectivity index (χ1) is 7.10. The fourth-order valence-corrected chi connectivity index (χ4v) is 2.14. The Bertz CT molecular complexity index is 252. The predicted molar refractivity (Wildman–Crippen MR) is 56.4 cm³/mol. The van der Waals surface area contributed by atoms with Crippen molar-refractivity contribution in [2.45, 2.75) is 45.6 Å². The highest BCUT2D eigenvalue weighted by Gasteiger charge is 2.34. The molecule has 1 aliphatic rings. The van der Waals surface area contributed by atoms with E-state index >= 15 is 0 Å². The van der Waals surface area contributed by atoms with Crippen molar-refractivity contribution in [3.05, 3.63) is 0 Å². The first-order valence-electron chi connectivity index (χ1n) is 5.62. The van der Waals surface area contributed by atoms with E-state index in [1.165, 1.54) is 4.90 Å². The van der Waals surface area contributed by atoms with Crippen LogP contribution < -0.4 is 0 Å². The quantitative estimate of drug-likeness (QED) is 0.772. The molecule has 86 valence electrons. The highest BCUT2D eigenvalue weighted by Crippen LogP contribution is 2.25. The maximum atomic E-state index is 11.5. The predicted octanol–water partition coefficient (Wildman–Crippen LogP) is 1.50. The maximum Gasteiger partial charge on any atom is 0.326 e. The Kier molecular flexibility index (Phi) is 4.12. The van der Waals surface area contributed by atoms with E-state index in [0.717, 1.165) is 12.8 Å². The highest BCUT2D eigenvalue weighted by atomic mass is 16.4. The van der Waals surface area contributed by atoms with E-state index in [2.05, 4.69) is 6.92 Å². The van der Waals surface area contributed by atoms with Crippen molar-refractivity contribution in [3.63, 3.8) is 0 Å². The average Bonchev–Trinajstić information content (AvgIpc) is 2.27. The van der Waals surface area contributed by atoms with Gasteiger partial charge in [-0.1, -0.05) is 20.3 Å². The largest absolute Gasteiger partial charge is 0.480 e. The third-order valence-corrected chi connectivity index (χ3v) is 3.20. The van der Waals surface area contributed by atoms with Crippen LogP contribution in [0.2, 0.25) is 0 Å². The van der Waals surface area contributed by atoms with Crippen molar-refractivity contribution in [3.8, 4) is 0 Å². The number of hydrogen-bond donors (Lipinski definition) is 1. The lowest BCUT2D eigenvalue weighted by Gasteiger charge is -2.36. The van der Waals surface area contributed by atoms with Crippen LogP contribution in [0.4, 0.5) is 0 Å². The molecule has 1 amide bonds. The van der Waals surface area contributed by atoms with Crippen LogP contribution in [-0.4, -0.2) is 34.5 Å². The van der Waals surface area contributed by atoms with Gasteiger partial charge in [0, 0.05) is 13.0 Å². The molecule has 0 aromatic heterocycles. The van der Waals surface area contributed by atoms with Crippen LogP contribution in [0.5, 0.6) is 0 Å². The van der Waals surface area contributed by atoms with Crippen LogP contribution in [0.3, 0.4) is 0 Å². The molecular formula is C11H19NO3. The van der Waals surface area contributed by atoms with Crippen LogP contribution in [-0.2, 0) is 9.59 Å². The molecule has 0 spiro atoms.